The van der Waals surface area contributed by atoms with Crippen LogP contribution in [0.4, 0.5) is 18.9 Å². The number of carbonyl (C=O) groups excluding carboxylic acids is 1. The fourth-order valence-corrected chi connectivity index (χ4v) is 2.27. The molecule has 0 fully saturated rings. The highest BCUT2D eigenvalue weighted by atomic mass is 19.2. The molecule has 0 aliphatic carbocycles. The second kappa shape index (κ2) is 6.39. The average Bonchev–Trinajstić information content (AvgIpc) is 2.98. The molecule has 0 saturated heterocycles. The first-order valence-corrected chi connectivity index (χ1v) is 7.29. The maximum Gasteiger partial charge on any atom is 0.297 e. The van der Waals surface area contributed by atoms with Gasteiger partial charge in [-0.25, -0.2) is 22.8 Å². The number of anilines is 1. The van der Waals surface area contributed by atoms with Gasteiger partial charge in [-0.15, -0.1) is 5.10 Å². The van der Waals surface area contributed by atoms with Gasteiger partial charge in [-0.05, 0) is 43.3 Å². The maximum absolute atomic E-state index is 13.3. The molecule has 1 aromatic heterocycles. The van der Waals surface area contributed by atoms with Gasteiger partial charge in [-0.1, -0.05) is 0 Å². The van der Waals surface area contributed by atoms with Crippen LogP contribution in [-0.4, -0.2) is 27.7 Å². The van der Waals surface area contributed by atoms with E-state index in [0.29, 0.717) is 11.5 Å². The van der Waals surface area contributed by atoms with Gasteiger partial charge in [-0.2, -0.15) is 0 Å². The number of nitrogens with zero attached hydrogens (tertiary/aromatic N) is 4. The molecule has 3 rings (SSSR count). The molecule has 1 amide bonds. The van der Waals surface area contributed by atoms with Crippen LogP contribution in [0.3, 0.4) is 0 Å². The number of aryl methyl sites for hydroxylation is 1. The lowest BCUT2D eigenvalue weighted by molar-refractivity contribution is 0.0983. The van der Waals surface area contributed by atoms with Crippen LogP contribution in [0.1, 0.15) is 16.4 Å². The Morgan fingerprint density at radius 2 is 1.72 bits per heavy atom. The minimum Gasteiger partial charge on any atom is -0.309 e. The predicted octanol–water partition coefficient (Wildman–Crippen LogP) is 3.27. The molecule has 0 aliphatic heterocycles. The lowest BCUT2D eigenvalue weighted by Gasteiger charge is -2.15. The van der Waals surface area contributed by atoms with E-state index in [1.165, 1.54) is 42.1 Å². The minimum atomic E-state index is -1.06. The van der Waals surface area contributed by atoms with E-state index >= 15 is 0 Å². The normalized spacial score (nSPS) is 10.8. The summed E-state index contributed by atoms with van der Waals surface area (Å²) >= 11 is 0. The van der Waals surface area contributed by atoms with Gasteiger partial charge in [0.1, 0.15) is 11.6 Å². The maximum atomic E-state index is 13.3. The summed E-state index contributed by atoms with van der Waals surface area (Å²) in [5.41, 5.74) is 0.709. The van der Waals surface area contributed by atoms with Crippen molar-refractivity contribution in [2.75, 3.05) is 11.9 Å². The van der Waals surface area contributed by atoms with Crippen LogP contribution >= 0.6 is 0 Å². The molecule has 0 bridgehead atoms. The van der Waals surface area contributed by atoms with Gasteiger partial charge in [-0.3, -0.25) is 4.79 Å². The monoisotopic (exact) mass is 346 g/mol. The number of carbonyl (C=O) groups is 1. The molecule has 0 spiro atoms. The molecule has 0 aliphatic rings. The molecule has 128 valence electrons. The van der Waals surface area contributed by atoms with Crippen molar-refractivity contribution in [1.82, 2.24) is 14.8 Å². The molecular weight excluding hydrogens is 333 g/mol. The molecule has 0 radical (unpaired) electrons. The predicted molar refractivity (Wildman–Crippen MR) is 85.1 cm³/mol. The number of amides is 1. The molecule has 2 aromatic carbocycles. The Morgan fingerprint density at radius 1 is 1.04 bits per heavy atom. The third-order valence-corrected chi connectivity index (χ3v) is 3.63. The van der Waals surface area contributed by atoms with Crippen LogP contribution in [-0.2, 0) is 0 Å². The average molecular weight is 346 g/mol. The summed E-state index contributed by atoms with van der Waals surface area (Å²) < 4.78 is 40.8. The summed E-state index contributed by atoms with van der Waals surface area (Å²) in [5, 5.41) is 4.12. The topological polar surface area (TPSA) is 51.0 Å². The van der Waals surface area contributed by atoms with Crippen molar-refractivity contribution in [1.29, 1.82) is 0 Å². The summed E-state index contributed by atoms with van der Waals surface area (Å²) in [4.78, 5) is 17.7. The van der Waals surface area contributed by atoms with E-state index in [1.807, 2.05) is 0 Å². The van der Waals surface area contributed by atoms with Crippen molar-refractivity contribution < 1.29 is 18.0 Å². The SMILES string of the molecule is Cc1nc(C(=O)N(C)c2ccc(F)c(F)c2)nn1-c1ccc(F)cc1. The summed E-state index contributed by atoms with van der Waals surface area (Å²) in [6.07, 6.45) is 0. The molecule has 3 aromatic rings. The van der Waals surface area contributed by atoms with Crippen molar-refractivity contribution in [3.05, 3.63) is 71.6 Å². The standard InChI is InChI=1S/C17H13F3N4O/c1-10-21-16(22-24(10)12-5-3-11(18)4-6-12)17(25)23(2)13-7-8-14(19)15(20)9-13/h3-9H,1-2H3. The van der Waals surface area contributed by atoms with Crippen LogP contribution < -0.4 is 4.90 Å². The lowest BCUT2D eigenvalue weighted by atomic mass is 10.2. The van der Waals surface area contributed by atoms with Gasteiger partial charge in [0, 0.05) is 18.8 Å². The van der Waals surface area contributed by atoms with E-state index in [-0.39, 0.29) is 11.5 Å². The van der Waals surface area contributed by atoms with Crippen molar-refractivity contribution in [2.24, 2.45) is 0 Å². The van der Waals surface area contributed by atoms with Gasteiger partial charge >= 0.3 is 0 Å². The third kappa shape index (κ3) is 3.23. The van der Waals surface area contributed by atoms with Crippen LogP contribution in [0.15, 0.2) is 42.5 Å². The molecule has 5 nitrogen and oxygen atoms in total. The summed E-state index contributed by atoms with van der Waals surface area (Å²) in [6.45, 7) is 1.64. The first-order valence-electron chi connectivity index (χ1n) is 7.29. The highest BCUT2D eigenvalue weighted by molar-refractivity contribution is 6.03. The van der Waals surface area contributed by atoms with Crippen LogP contribution in [0.2, 0.25) is 0 Å². The van der Waals surface area contributed by atoms with Crippen molar-refractivity contribution in [2.45, 2.75) is 6.92 Å². The smallest absolute Gasteiger partial charge is 0.297 e. The van der Waals surface area contributed by atoms with E-state index in [4.69, 9.17) is 0 Å². The summed E-state index contributed by atoms with van der Waals surface area (Å²) in [6, 6.07) is 8.67. The molecule has 0 saturated carbocycles. The third-order valence-electron chi connectivity index (χ3n) is 3.63. The molecule has 0 atom stereocenters. The summed E-state index contributed by atoms with van der Waals surface area (Å²) in [5.74, 6) is -2.73. The molecule has 25 heavy (non-hydrogen) atoms. The van der Waals surface area contributed by atoms with E-state index < -0.39 is 23.4 Å². The van der Waals surface area contributed by atoms with Gasteiger partial charge in [0.25, 0.3) is 5.91 Å². The number of aromatic nitrogens is 3. The Kier molecular flexibility index (Phi) is 4.26. The van der Waals surface area contributed by atoms with Crippen molar-refractivity contribution >= 4 is 11.6 Å². The first kappa shape index (κ1) is 16.7. The molecule has 8 heteroatoms. The highest BCUT2D eigenvalue weighted by Gasteiger charge is 2.21. The van der Waals surface area contributed by atoms with Gasteiger partial charge in [0.15, 0.2) is 11.6 Å². The molecule has 0 unspecified atom stereocenters. The fraction of sp³-hybridized carbons (Fsp3) is 0.118. The van der Waals surface area contributed by atoms with Crippen LogP contribution in [0.25, 0.3) is 5.69 Å². The number of benzene rings is 2. The Balaban J connectivity index is 1.91. The minimum absolute atomic E-state index is 0.117. The fourth-order valence-electron chi connectivity index (χ4n) is 2.27. The zero-order valence-corrected chi connectivity index (χ0v) is 13.4. The van der Waals surface area contributed by atoms with Crippen LogP contribution in [0, 0.1) is 24.4 Å². The Labute approximate surface area is 141 Å². The molecule has 0 N–H and O–H groups in total. The van der Waals surface area contributed by atoms with E-state index in [1.54, 1.807) is 6.92 Å². The molecule has 1 heterocycles. The zero-order valence-electron chi connectivity index (χ0n) is 13.4. The Bertz CT molecular complexity index is 938. The number of hydrogen-bond acceptors (Lipinski definition) is 3. The van der Waals surface area contributed by atoms with E-state index in [2.05, 4.69) is 10.1 Å². The number of rotatable bonds is 3. The van der Waals surface area contributed by atoms with Gasteiger partial charge in [0.2, 0.25) is 5.82 Å². The second-order valence-electron chi connectivity index (χ2n) is 5.33. The quantitative estimate of drug-likeness (QED) is 0.731. The molecular formula is C17H13F3N4O. The van der Waals surface area contributed by atoms with Crippen molar-refractivity contribution in [3.8, 4) is 5.69 Å². The van der Waals surface area contributed by atoms with Crippen molar-refractivity contribution in [3.63, 3.8) is 0 Å². The Morgan fingerprint density at radius 3 is 2.36 bits per heavy atom. The Hall–Kier alpha value is -3.16. The number of halogens is 3. The number of hydrogen-bond donors (Lipinski definition) is 0. The largest absolute Gasteiger partial charge is 0.309 e. The van der Waals surface area contributed by atoms with Gasteiger partial charge in [0.05, 0.1) is 5.69 Å². The lowest BCUT2D eigenvalue weighted by Crippen LogP contribution is -2.27. The highest BCUT2D eigenvalue weighted by Crippen LogP contribution is 2.19. The zero-order chi connectivity index (χ0) is 18.1. The van der Waals surface area contributed by atoms with Gasteiger partial charge < -0.3 is 4.90 Å². The second-order valence-corrected chi connectivity index (χ2v) is 5.33. The summed E-state index contributed by atoms with van der Waals surface area (Å²) in [7, 11) is 1.41. The van der Waals surface area contributed by atoms with Crippen LogP contribution in [0.5, 0.6) is 0 Å². The first-order chi connectivity index (χ1) is 11.9. The van der Waals surface area contributed by atoms with E-state index in [9.17, 15) is 18.0 Å². The van der Waals surface area contributed by atoms with E-state index in [0.717, 1.165) is 17.0 Å².